The highest BCUT2D eigenvalue weighted by Gasteiger charge is 2.26. The maximum atomic E-state index is 5.93. The third-order valence-corrected chi connectivity index (χ3v) is 4.05. The van der Waals surface area contributed by atoms with Crippen molar-refractivity contribution in [2.24, 2.45) is 5.92 Å². The highest BCUT2D eigenvalue weighted by molar-refractivity contribution is 9.10. The number of hydrogen-bond acceptors (Lipinski definition) is 4. The highest BCUT2D eigenvalue weighted by atomic mass is 79.9. The fraction of sp³-hybridized carbons (Fsp3) is 0.692. The van der Waals surface area contributed by atoms with Gasteiger partial charge in [0.15, 0.2) is 0 Å². The van der Waals surface area contributed by atoms with Gasteiger partial charge in [-0.1, -0.05) is 13.3 Å². The Hall–Kier alpha value is -0.840. The van der Waals surface area contributed by atoms with Gasteiger partial charge in [0.25, 0.3) is 0 Å². The minimum absolute atomic E-state index is 0.245. The molecule has 1 fully saturated rings. The van der Waals surface area contributed by atoms with Gasteiger partial charge in [-0.15, -0.1) is 0 Å². The summed E-state index contributed by atoms with van der Waals surface area (Å²) in [5.74, 6) is 1.14. The van der Waals surface area contributed by atoms with E-state index in [1.165, 1.54) is 19.3 Å². The van der Waals surface area contributed by atoms with Gasteiger partial charge in [-0.05, 0) is 47.5 Å². The number of nitrogens with zero attached hydrogens (tertiary/aromatic N) is 2. The lowest BCUT2D eigenvalue weighted by Crippen LogP contribution is -2.30. The Morgan fingerprint density at radius 1 is 1.39 bits per heavy atom. The Balaban J connectivity index is 2.07. The van der Waals surface area contributed by atoms with E-state index in [0.29, 0.717) is 17.8 Å². The van der Waals surface area contributed by atoms with Crippen LogP contribution in [0.3, 0.4) is 0 Å². The number of halogens is 1. The predicted molar refractivity (Wildman–Crippen MR) is 72.9 cm³/mol. The van der Waals surface area contributed by atoms with E-state index in [9.17, 15) is 0 Å². The van der Waals surface area contributed by atoms with Crippen LogP contribution in [-0.4, -0.2) is 23.2 Å². The van der Waals surface area contributed by atoms with Crippen LogP contribution in [0.15, 0.2) is 10.7 Å². The fourth-order valence-corrected chi connectivity index (χ4v) is 2.82. The van der Waals surface area contributed by atoms with Crippen LogP contribution >= 0.6 is 15.9 Å². The van der Waals surface area contributed by atoms with E-state index in [1.807, 2.05) is 0 Å². The molecule has 0 radical (unpaired) electrons. The van der Waals surface area contributed by atoms with Crippen LogP contribution in [0.5, 0.6) is 11.9 Å². The Bertz CT molecular complexity index is 401. The Morgan fingerprint density at radius 2 is 2.17 bits per heavy atom. The molecule has 2 rings (SSSR count). The van der Waals surface area contributed by atoms with Crippen molar-refractivity contribution >= 4 is 15.9 Å². The third-order valence-electron chi connectivity index (χ3n) is 3.50. The molecule has 0 aliphatic heterocycles. The van der Waals surface area contributed by atoms with Crippen molar-refractivity contribution in [3.63, 3.8) is 0 Å². The first-order chi connectivity index (χ1) is 8.74. The van der Waals surface area contributed by atoms with E-state index in [4.69, 9.17) is 9.47 Å². The first-order valence-electron chi connectivity index (χ1n) is 6.47. The average Bonchev–Trinajstić information content (AvgIpc) is 2.41. The molecule has 0 saturated heterocycles. The summed E-state index contributed by atoms with van der Waals surface area (Å²) in [5.41, 5.74) is 0. The standard InChI is InChI=1S/C13H19BrN2O2/c1-3-9-6-4-5-7-11(9)18-13-15-8-10(14)12(16-13)17-2/h8-9,11H,3-7H2,1-2H3. The second-order valence-electron chi connectivity index (χ2n) is 4.62. The molecule has 0 amide bonds. The molecule has 100 valence electrons. The number of aromatic nitrogens is 2. The van der Waals surface area contributed by atoms with Gasteiger partial charge in [0, 0.05) is 0 Å². The van der Waals surface area contributed by atoms with E-state index in [0.717, 1.165) is 17.3 Å². The van der Waals surface area contributed by atoms with Crippen molar-refractivity contribution in [3.05, 3.63) is 10.7 Å². The van der Waals surface area contributed by atoms with Gasteiger partial charge in [0.1, 0.15) is 6.10 Å². The minimum atomic E-state index is 0.245. The van der Waals surface area contributed by atoms with Crippen molar-refractivity contribution in [1.82, 2.24) is 9.97 Å². The van der Waals surface area contributed by atoms with E-state index < -0.39 is 0 Å². The molecule has 2 unspecified atom stereocenters. The smallest absolute Gasteiger partial charge is 0.320 e. The van der Waals surface area contributed by atoms with Crippen molar-refractivity contribution in [2.45, 2.75) is 45.1 Å². The summed E-state index contributed by atoms with van der Waals surface area (Å²) >= 11 is 3.34. The average molecular weight is 315 g/mol. The fourth-order valence-electron chi connectivity index (χ4n) is 2.47. The summed E-state index contributed by atoms with van der Waals surface area (Å²) in [5, 5.41) is 0. The summed E-state index contributed by atoms with van der Waals surface area (Å²) in [6, 6.07) is 0.417. The molecule has 1 aromatic heterocycles. The van der Waals surface area contributed by atoms with Crippen LogP contribution in [0.1, 0.15) is 39.0 Å². The van der Waals surface area contributed by atoms with Crippen LogP contribution < -0.4 is 9.47 Å². The first-order valence-corrected chi connectivity index (χ1v) is 7.27. The summed E-state index contributed by atoms with van der Waals surface area (Å²) in [6.45, 7) is 2.22. The molecular weight excluding hydrogens is 296 g/mol. The van der Waals surface area contributed by atoms with Crippen molar-refractivity contribution in [1.29, 1.82) is 0 Å². The van der Waals surface area contributed by atoms with Crippen molar-refractivity contribution in [2.75, 3.05) is 7.11 Å². The molecular formula is C13H19BrN2O2. The van der Waals surface area contributed by atoms with Crippen LogP contribution in [-0.2, 0) is 0 Å². The lowest BCUT2D eigenvalue weighted by molar-refractivity contribution is 0.0801. The van der Waals surface area contributed by atoms with Crippen LogP contribution in [0.25, 0.3) is 0 Å². The molecule has 1 aliphatic rings. The van der Waals surface area contributed by atoms with Crippen molar-refractivity contribution in [3.8, 4) is 11.9 Å². The summed E-state index contributed by atoms with van der Waals surface area (Å²) in [6.07, 6.45) is 7.95. The molecule has 0 aromatic carbocycles. The monoisotopic (exact) mass is 314 g/mol. The maximum Gasteiger partial charge on any atom is 0.320 e. The highest BCUT2D eigenvalue weighted by Crippen LogP contribution is 2.30. The molecule has 0 spiro atoms. The van der Waals surface area contributed by atoms with Gasteiger partial charge in [-0.3, -0.25) is 0 Å². The summed E-state index contributed by atoms with van der Waals surface area (Å²) in [7, 11) is 1.59. The normalized spacial score (nSPS) is 23.7. The molecule has 0 N–H and O–H groups in total. The quantitative estimate of drug-likeness (QED) is 0.851. The zero-order valence-corrected chi connectivity index (χ0v) is 12.4. The van der Waals surface area contributed by atoms with Crippen LogP contribution in [0.4, 0.5) is 0 Å². The second kappa shape index (κ2) is 6.36. The Morgan fingerprint density at radius 3 is 2.89 bits per heavy atom. The second-order valence-corrected chi connectivity index (χ2v) is 5.47. The molecule has 1 saturated carbocycles. The van der Waals surface area contributed by atoms with E-state index >= 15 is 0 Å². The molecule has 1 aliphatic carbocycles. The zero-order valence-electron chi connectivity index (χ0n) is 10.9. The third kappa shape index (κ3) is 3.13. The number of hydrogen-bond donors (Lipinski definition) is 0. The van der Waals surface area contributed by atoms with Gasteiger partial charge in [-0.2, -0.15) is 4.98 Å². The van der Waals surface area contributed by atoms with Gasteiger partial charge >= 0.3 is 6.01 Å². The van der Waals surface area contributed by atoms with E-state index in [-0.39, 0.29) is 6.10 Å². The lowest BCUT2D eigenvalue weighted by Gasteiger charge is -2.30. The maximum absolute atomic E-state index is 5.93. The first kappa shape index (κ1) is 13.6. The topological polar surface area (TPSA) is 44.2 Å². The number of ether oxygens (including phenoxy) is 2. The molecule has 1 heterocycles. The Labute approximate surface area is 116 Å². The predicted octanol–water partition coefficient (Wildman–Crippen LogP) is 3.60. The largest absolute Gasteiger partial charge is 0.480 e. The van der Waals surface area contributed by atoms with Crippen LogP contribution in [0.2, 0.25) is 0 Å². The number of rotatable bonds is 4. The van der Waals surface area contributed by atoms with Gasteiger partial charge in [0.2, 0.25) is 5.88 Å². The summed E-state index contributed by atoms with van der Waals surface area (Å²) in [4.78, 5) is 8.44. The number of methoxy groups -OCH3 is 1. The SMILES string of the molecule is CCC1CCCCC1Oc1ncc(Br)c(OC)n1. The van der Waals surface area contributed by atoms with Crippen molar-refractivity contribution < 1.29 is 9.47 Å². The van der Waals surface area contributed by atoms with E-state index in [1.54, 1.807) is 13.3 Å². The van der Waals surface area contributed by atoms with Crippen LogP contribution in [0, 0.1) is 5.92 Å². The molecule has 4 nitrogen and oxygen atoms in total. The molecule has 5 heteroatoms. The molecule has 1 aromatic rings. The Kier molecular flexibility index (Phi) is 4.80. The van der Waals surface area contributed by atoms with Gasteiger partial charge in [-0.25, -0.2) is 4.98 Å². The molecule has 18 heavy (non-hydrogen) atoms. The zero-order chi connectivity index (χ0) is 13.0. The van der Waals surface area contributed by atoms with Gasteiger partial charge < -0.3 is 9.47 Å². The lowest BCUT2D eigenvalue weighted by atomic mass is 9.85. The summed E-state index contributed by atoms with van der Waals surface area (Å²) < 4.78 is 11.8. The minimum Gasteiger partial charge on any atom is -0.480 e. The van der Waals surface area contributed by atoms with E-state index in [2.05, 4.69) is 32.8 Å². The molecule has 0 bridgehead atoms. The molecule has 2 atom stereocenters. The van der Waals surface area contributed by atoms with Gasteiger partial charge in [0.05, 0.1) is 17.8 Å².